The third-order valence-corrected chi connectivity index (χ3v) is 2.25. The summed E-state index contributed by atoms with van der Waals surface area (Å²) in [6.07, 6.45) is 0. The van der Waals surface area contributed by atoms with E-state index in [0.717, 1.165) is 0 Å². The van der Waals surface area contributed by atoms with Gasteiger partial charge in [-0.05, 0) is 18.2 Å². The van der Waals surface area contributed by atoms with Crippen LogP contribution in [0.25, 0.3) is 0 Å². The van der Waals surface area contributed by atoms with E-state index < -0.39 is 5.97 Å². The van der Waals surface area contributed by atoms with Gasteiger partial charge in [-0.3, -0.25) is 4.79 Å². The minimum atomic E-state index is -0.460. The molecule has 0 saturated heterocycles. The van der Waals surface area contributed by atoms with Crippen molar-refractivity contribution < 1.29 is 14.3 Å². The second kappa shape index (κ2) is 5.34. The smallest absolute Gasteiger partial charge is 0.337 e. The van der Waals surface area contributed by atoms with E-state index in [4.69, 9.17) is 5.73 Å². The Hall–Kier alpha value is -2.04. The van der Waals surface area contributed by atoms with E-state index in [2.05, 4.69) is 10.1 Å². The normalized spacial score (nSPS) is 10.1. The van der Waals surface area contributed by atoms with E-state index >= 15 is 0 Å². The van der Waals surface area contributed by atoms with E-state index in [1.807, 2.05) is 0 Å². The van der Waals surface area contributed by atoms with E-state index in [-0.39, 0.29) is 11.8 Å². The first kappa shape index (κ1) is 13.0. The molecule has 0 aromatic heterocycles. The van der Waals surface area contributed by atoms with E-state index in [1.165, 1.54) is 13.2 Å². The topological polar surface area (TPSA) is 81.4 Å². The summed E-state index contributed by atoms with van der Waals surface area (Å²) in [6, 6.07) is 4.61. The zero-order chi connectivity index (χ0) is 13.0. The van der Waals surface area contributed by atoms with Crippen LogP contribution in [-0.4, -0.2) is 19.0 Å². The van der Waals surface area contributed by atoms with Crippen molar-refractivity contribution in [2.24, 2.45) is 5.92 Å². The first-order valence-corrected chi connectivity index (χ1v) is 5.24. The van der Waals surface area contributed by atoms with Gasteiger partial charge in [0.2, 0.25) is 5.91 Å². The molecule has 0 heterocycles. The van der Waals surface area contributed by atoms with Gasteiger partial charge in [-0.15, -0.1) is 0 Å². The minimum Gasteiger partial charge on any atom is -0.465 e. The van der Waals surface area contributed by atoms with Crippen molar-refractivity contribution in [3.05, 3.63) is 23.8 Å². The van der Waals surface area contributed by atoms with Gasteiger partial charge in [-0.25, -0.2) is 4.79 Å². The van der Waals surface area contributed by atoms with E-state index in [1.54, 1.807) is 26.0 Å². The summed E-state index contributed by atoms with van der Waals surface area (Å²) in [5.41, 5.74) is 6.93. The number of rotatable bonds is 3. The van der Waals surface area contributed by atoms with Crippen LogP contribution in [0.1, 0.15) is 24.2 Å². The number of benzene rings is 1. The van der Waals surface area contributed by atoms with Gasteiger partial charge in [0.15, 0.2) is 0 Å². The molecule has 92 valence electrons. The zero-order valence-electron chi connectivity index (χ0n) is 10.1. The number of hydrogen-bond acceptors (Lipinski definition) is 4. The number of nitrogens with two attached hydrogens (primary N) is 1. The molecule has 5 heteroatoms. The lowest BCUT2D eigenvalue weighted by Gasteiger charge is -2.10. The van der Waals surface area contributed by atoms with Crippen molar-refractivity contribution >= 4 is 23.3 Å². The summed E-state index contributed by atoms with van der Waals surface area (Å²) in [6.45, 7) is 3.57. The largest absolute Gasteiger partial charge is 0.465 e. The number of carbonyl (C=O) groups is 2. The Morgan fingerprint density at radius 2 is 2.00 bits per heavy atom. The van der Waals surface area contributed by atoms with Gasteiger partial charge in [0.1, 0.15) is 0 Å². The van der Waals surface area contributed by atoms with Crippen LogP contribution >= 0.6 is 0 Å². The molecule has 0 atom stereocenters. The molecule has 0 aliphatic heterocycles. The van der Waals surface area contributed by atoms with Crippen molar-refractivity contribution in [1.82, 2.24) is 0 Å². The summed E-state index contributed by atoms with van der Waals surface area (Å²) in [5, 5.41) is 2.68. The highest BCUT2D eigenvalue weighted by molar-refractivity contribution is 5.97. The fourth-order valence-corrected chi connectivity index (χ4v) is 1.20. The van der Waals surface area contributed by atoms with E-state index in [9.17, 15) is 9.59 Å². The number of methoxy groups -OCH3 is 1. The number of carbonyl (C=O) groups excluding carboxylic acids is 2. The molecule has 5 nitrogen and oxygen atoms in total. The van der Waals surface area contributed by atoms with Crippen molar-refractivity contribution in [2.75, 3.05) is 18.2 Å². The van der Waals surface area contributed by atoms with Crippen LogP contribution in [0.3, 0.4) is 0 Å². The monoisotopic (exact) mass is 236 g/mol. The molecule has 0 unspecified atom stereocenters. The summed E-state index contributed by atoms with van der Waals surface area (Å²) in [7, 11) is 1.30. The average molecular weight is 236 g/mol. The molecule has 1 rings (SSSR count). The summed E-state index contributed by atoms with van der Waals surface area (Å²) in [5.74, 6) is -0.712. The molecule has 0 bridgehead atoms. The Kier molecular flexibility index (Phi) is 4.09. The molecular formula is C12H16N2O3. The number of nitrogen functional groups attached to an aromatic ring is 1. The molecular weight excluding hydrogens is 220 g/mol. The maximum Gasteiger partial charge on any atom is 0.337 e. The molecule has 1 aromatic rings. The van der Waals surface area contributed by atoms with Crippen molar-refractivity contribution in [1.29, 1.82) is 0 Å². The maximum absolute atomic E-state index is 11.5. The van der Waals surface area contributed by atoms with Crippen LogP contribution in [0, 0.1) is 5.92 Å². The lowest BCUT2D eigenvalue weighted by atomic mass is 10.1. The standard InChI is InChI=1S/C12H16N2O3/c1-7(2)11(15)14-10-5-4-8(6-9(10)13)12(16)17-3/h4-7H,13H2,1-3H3,(H,14,15). The Balaban J connectivity index is 2.90. The average Bonchev–Trinajstić information content (AvgIpc) is 2.30. The van der Waals surface area contributed by atoms with Gasteiger partial charge in [0, 0.05) is 5.92 Å². The molecule has 0 saturated carbocycles. The predicted molar refractivity (Wildman–Crippen MR) is 65.7 cm³/mol. The Morgan fingerprint density at radius 3 is 2.47 bits per heavy atom. The summed E-state index contributed by atoms with van der Waals surface area (Å²) in [4.78, 5) is 22.7. The van der Waals surface area contributed by atoms with Crippen molar-refractivity contribution in [3.63, 3.8) is 0 Å². The molecule has 1 amide bonds. The maximum atomic E-state index is 11.5. The second-order valence-electron chi connectivity index (χ2n) is 3.94. The molecule has 1 aromatic carbocycles. The molecule has 3 N–H and O–H groups in total. The highest BCUT2D eigenvalue weighted by Crippen LogP contribution is 2.20. The van der Waals surface area contributed by atoms with Crippen LogP contribution in [0.2, 0.25) is 0 Å². The minimum absolute atomic E-state index is 0.123. The van der Waals surface area contributed by atoms with Crippen molar-refractivity contribution in [2.45, 2.75) is 13.8 Å². The van der Waals surface area contributed by atoms with Gasteiger partial charge in [0.25, 0.3) is 0 Å². The highest BCUT2D eigenvalue weighted by Gasteiger charge is 2.11. The van der Waals surface area contributed by atoms with Crippen molar-refractivity contribution in [3.8, 4) is 0 Å². The Labute approximate surface area is 99.9 Å². The lowest BCUT2D eigenvalue weighted by Crippen LogP contribution is -2.18. The Bertz CT molecular complexity index is 441. The number of amides is 1. The van der Waals surface area contributed by atoms with E-state index in [0.29, 0.717) is 16.9 Å². The number of nitrogens with one attached hydrogen (secondary N) is 1. The van der Waals surface area contributed by atoms with Crippen LogP contribution in [0.5, 0.6) is 0 Å². The molecule has 17 heavy (non-hydrogen) atoms. The second-order valence-corrected chi connectivity index (χ2v) is 3.94. The molecule has 0 fully saturated rings. The van der Waals surface area contributed by atoms with Gasteiger partial charge in [-0.1, -0.05) is 13.8 Å². The zero-order valence-corrected chi connectivity index (χ0v) is 10.1. The first-order valence-electron chi connectivity index (χ1n) is 5.24. The van der Waals surface area contributed by atoms with Gasteiger partial charge < -0.3 is 15.8 Å². The van der Waals surface area contributed by atoms with Crippen LogP contribution in [-0.2, 0) is 9.53 Å². The SMILES string of the molecule is COC(=O)c1ccc(NC(=O)C(C)C)c(N)c1. The lowest BCUT2D eigenvalue weighted by molar-refractivity contribution is -0.118. The molecule has 0 aliphatic carbocycles. The summed E-state index contributed by atoms with van der Waals surface area (Å²) >= 11 is 0. The molecule has 0 spiro atoms. The third-order valence-electron chi connectivity index (χ3n) is 2.25. The van der Waals surface area contributed by atoms with Crippen LogP contribution in [0.15, 0.2) is 18.2 Å². The fraction of sp³-hybridized carbons (Fsp3) is 0.333. The quantitative estimate of drug-likeness (QED) is 0.617. The molecule has 0 radical (unpaired) electrons. The van der Waals surface area contributed by atoms with Gasteiger partial charge in [-0.2, -0.15) is 0 Å². The number of esters is 1. The predicted octanol–water partition coefficient (Wildman–Crippen LogP) is 1.65. The van der Waals surface area contributed by atoms with Crippen LogP contribution < -0.4 is 11.1 Å². The number of hydrogen-bond donors (Lipinski definition) is 2. The fourth-order valence-electron chi connectivity index (χ4n) is 1.20. The van der Waals surface area contributed by atoms with Crippen LogP contribution in [0.4, 0.5) is 11.4 Å². The van der Waals surface area contributed by atoms with Gasteiger partial charge >= 0.3 is 5.97 Å². The third kappa shape index (κ3) is 3.21. The van der Waals surface area contributed by atoms with Gasteiger partial charge in [0.05, 0.1) is 24.0 Å². The number of anilines is 2. The molecule has 0 aliphatic rings. The number of ether oxygens (including phenoxy) is 1. The highest BCUT2D eigenvalue weighted by atomic mass is 16.5. The Morgan fingerprint density at radius 1 is 1.35 bits per heavy atom. The first-order chi connectivity index (χ1) is 7.95. The summed E-state index contributed by atoms with van der Waals surface area (Å²) < 4.78 is 4.57.